The predicted octanol–water partition coefficient (Wildman–Crippen LogP) is 0.653. The molecular formula is C16H19KO3S. The van der Waals surface area contributed by atoms with Crippen LogP contribution in [0.1, 0.15) is 37.8 Å². The molecule has 0 aromatic heterocycles. The van der Waals surface area contributed by atoms with Crippen molar-refractivity contribution < 1.29 is 64.4 Å². The molecule has 0 fully saturated rings. The van der Waals surface area contributed by atoms with Crippen LogP contribution >= 0.6 is 0 Å². The summed E-state index contributed by atoms with van der Waals surface area (Å²) in [6, 6.07) is 9.06. The maximum Gasteiger partial charge on any atom is 1.00 e. The summed E-state index contributed by atoms with van der Waals surface area (Å²) in [7, 11) is -4.42. The van der Waals surface area contributed by atoms with Crippen molar-refractivity contribution in [1.29, 1.82) is 0 Å². The first-order valence-corrected chi connectivity index (χ1v) is 8.38. The van der Waals surface area contributed by atoms with E-state index >= 15 is 0 Å². The Balaban J connectivity index is 0.00000220. The SMILES string of the molecule is CCCc1cc(S(=O)(=O)[O-])cc2c(CCC)cccc12.[K+]. The van der Waals surface area contributed by atoms with E-state index in [0.717, 1.165) is 47.6 Å². The van der Waals surface area contributed by atoms with Crippen LogP contribution in [0.2, 0.25) is 0 Å². The van der Waals surface area contributed by atoms with Crippen molar-refractivity contribution >= 4 is 20.9 Å². The van der Waals surface area contributed by atoms with Crippen LogP contribution in [0.4, 0.5) is 0 Å². The second kappa shape index (κ2) is 8.20. The molecular weight excluding hydrogens is 311 g/mol. The van der Waals surface area contributed by atoms with Gasteiger partial charge in [0.1, 0.15) is 10.1 Å². The molecule has 0 aliphatic rings. The predicted molar refractivity (Wildman–Crippen MR) is 79.9 cm³/mol. The van der Waals surface area contributed by atoms with Gasteiger partial charge < -0.3 is 4.55 Å². The molecule has 0 radical (unpaired) electrons. The molecule has 21 heavy (non-hydrogen) atoms. The summed E-state index contributed by atoms with van der Waals surface area (Å²) in [5, 5.41) is 1.96. The minimum absolute atomic E-state index is 0. The van der Waals surface area contributed by atoms with E-state index in [2.05, 4.69) is 6.92 Å². The summed E-state index contributed by atoms with van der Waals surface area (Å²) in [6.45, 7) is 4.13. The molecule has 0 heterocycles. The van der Waals surface area contributed by atoms with E-state index in [-0.39, 0.29) is 56.3 Å². The third kappa shape index (κ3) is 4.61. The van der Waals surface area contributed by atoms with Gasteiger partial charge >= 0.3 is 51.4 Å². The van der Waals surface area contributed by atoms with Crippen LogP contribution in [-0.4, -0.2) is 13.0 Å². The van der Waals surface area contributed by atoms with Gasteiger partial charge in [-0.05, 0) is 46.9 Å². The first kappa shape index (κ1) is 19.3. The molecule has 3 nitrogen and oxygen atoms in total. The molecule has 5 heteroatoms. The minimum atomic E-state index is -4.42. The molecule has 0 aliphatic carbocycles. The summed E-state index contributed by atoms with van der Waals surface area (Å²) >= 11 is 0. The average molecular weight is 330 g/mol. The maximum atomic E-state index is 11.3. The third-order valence-corrected chi connectivity index (χ3v) is 4.29. The summed E-state index contributed by atoms with van der Waals surface area (Å²) in [5.74, 6) is 0. The fourth-order valence-electron chi connectivity index (χ4n) is 2.60. The zero-order chi connectivity index (χ0) is 14.8. The van der Waals surface area contributed by atoms with Crippen molar-refractivity contribution in [3.8, 4) is 0 Å². The van der Waals surface area contributed by atoms with E-state index < -0.39 is 10.1 Å². The summed E-state index contributed by atoms with van der Waals surface area (Å²) < 4.78 is 34.0. The Bertz CT molecular complexity index is 724. The first-order valence-electron chi connectivity index (χ1n) is 6.97. The Morgan fingerprint density at radius 3 is 2.14 bits per heavy atom. The molecule has 2 aromatic carbocycles. The topological polar surface area (TPSA) is 57.2 Å². The Morgan fingerprint density at radius 1 is 0.952 bits per heavy atom. The van der Waals surface area contributed by atoms with Crippen LogP contribution in [0.3, 0.4) is 0 Å². The Kier molecular flexibility index (Phi) is 7.53. The second-order valence-electron chi connectivity index (χ2n) is 5.05. The molecule has 0 amide bonds. The van der Waals surface area contributed by atoms with Gasteiger partial charge in [-0.3, -0.25) is 0 Å². The standard InChI is InChI=1S/C16H20O3S.K/c1-3-6-12-8-5-9-15-13(7-4-2)10-14(11-16(12)15)20(17,18)19;/h5,8-11H,3-4,6-7H2,1-2H3,(H,17,18,19);/q;+1/p-1. The number of hydrogen-bond donors (Lipinski definition) is 0. The Morgan fingerprint density at radius 2 is 1.57 bits per heavy atom. The van der Waals surface area contributed by atoms with Crippen molar-refractivity contribution in [2.45, 2.75) is 44.4 Å². The van der Waals surface area contributed by atoms with Crippen LogP contribution < -0.4 is 51.4 Å². The van der Waals surface area contributed by atoms with Gasteiger partial charge in [0.2, 0.25) is 0 Å². The first-order chi connectivity index (χ1) is 9.47. The Labute approximate surface area is 169 Å². The number of fused-ring (bicyclic) bond motifs is 1. The van der Waals surface area contributed by atoms with Gasteiger partial charge in [0.15, 0.2) is 0 Å². The molecule has 0 unspecified atom stereocenters. The molecule has 0 saturated heterocycles. The van der Waals surface area contributed by atoms with Gasteiger partial charge in [-0.2, -0.15) is 0 Å². The molecule has 2 rings (SSSR count). The molecule has 0 bridgehead atoms. The summed E-state index contributed by atoms with van der Waals surface area (Å²) in [6.07, 6.45) is 3.55. The van der Waals surface area contributed by atoms with Gasteiger partial charge in [-0.25, -0.2) is 8.42 Å². The fraction of sp³-hybridized carbons (Fsp3) is 0.375. The van der Waals surface area contributed by atoms with Gasteiger partial charge in [0.25, 0.3) is 0 Å². The molecule has 0 atom stereocenters. The normalized spacial score (nSPS) is 11.4. The smallest absolute Gasteiger partial charge is 0.744 e. The van der Waals surface area contributed by atoms with Crippen LogP contribution in [-0.2, 0) is 23.0 Å². The second-order valence-corrected chi connectivity index (χ2v) is 6.43. The third-order valence-electron chi connectivity index (χ3n) is 3.47. The summed E-state index contributed by atoms with van der Waals surface area (Å²) in [5.41, 5.74) is 2.05. The summed E-state index contributed by atoms with van der Waals surface area (Å²) in [4.78, 5) is -0.114. The van der Waals surface area contributed by atoms with Gasteiger partial charge in [0.05, 0.1) is 4.90 Å². The van der Waals surface area contributed by atoms with Crippen molar-refractivity contribution in [2.75, 3.05) is 0 Å². The van der Waals surface area contributed by atoms with Gasteiger partial charge in [0, 0.05) is 0 Å². The quantitative estimate of drug-likeness (QED) is 0.597. The number of benzene rings is 2. The van der Waals surface area contributed by atoms with E-state index in [1.807, 2.05) is 25.1 Å². The zero-order valence-electron chi connectivity index (χ0n) is 12.8. The van der Waals surface area contributed by atoms with Crippen molar-refractivity contribution in [2.24, 2.45) is 0 Å². The molecule has 108 valence electrons. The minimum Gasteiger partial charge on any atom is -0.744 e. The van der Waals surface area contributed by atoms with Crippen LogP contribution in [0.5, 0.6) is 0 Å². The molecule has 0 N–H and O–H groups in total. The fourth-order valence-corrected chi connectivity index (χ4v) is 3.15. The van der Waals surface area contributed by atoms with Crippen LogP contribution in [0, 0.1) is 0 Å². The van der Waals surface area contributed by atoms with Gasteiger partial charge in [-0.15, -0.1) is 0 Å². The Hall–Kier alpha value is 0.246. The van der Waals surface area contributed by atoms with E-state index in [0.29, 0.717) is 0 Å². The van der Waals surface area contributed by atoms with Gasteiger partial charge in [-0.1, -0.05) is 44.9 Å². The van der Waals surface area contributed by atoms with Crippen LogP contribution in [0.25, 0.3) is 10.8 Å². The molecule has 0 saturated carbocycles. The van der Waals surface area contributed by atoms with Crippen molar-refractivity contribution in [3.05, 3.63) is 41.5 Å². The number of aryl methyl sites for hydroxylation is 2. The number of rotatable bonds is 5. The molecule has 0 spiro atoms. The van der Waals surface area contributed by atoms with Crippen molar-refractivity contribution in [1.82, 2.24) is 0 Å². The largest absolute Gasteiger partial charge is 1.00 e. The average Bonchev–Trinajstić information content (AvgIpc) is 2.39. The van der Waals surface area contributed by atoms with Crippen molar-refractivity contribution in [3.63, 3.8) is 0 Å². The van der Waals surface area contributed by atoms with Crippen LogP contribution in [0.15, 0.2) is 35.2 Å². The molecule has 0 aliphatic heterocycles. The number of hydrogen-bond acceptors (Lipinski definition) is 3. The zero-order valence-corrected chi connectivity index (χ0v) is 16.8. The van der Waals surface area contributed by atoms with E-state index in [9.17, 15) is 13.0 Å². The monoisotopic (exact) mass is 330 g/mol. The van der Waals surface area contributed by atoms with E-state index in [1.165, 1.54) is 12.1 Å². The van der Waals surface area contributed by atoms with E-state index in [4.69, 9.17) is 0 Å². The molecule has 2 aromatic rings. The maximum absolute atomic E-state index is 11.3. The van der Waals surface area contributed by atoms with E-state index in [1.54, 1.807) is 0 Å².